The van der Waals surface area contributed by atoms with Crippen molar-refractivity contribution >= 4 is 29.1 Å². The predicted molar refractivity (Wildman–Crippen MR) is 94.5 cm³/mol. The molecule has 1 aliphatic rings. The van der Waals surface area contributed by atoms with E-state index in [9.17, 15) is 4.79 Å². The van der Waals surface area contributed by atoms with Gasteiger partial charge in [-0.25, -0.2) is 0 Å². The topological polar surface area (TPSA) is 57.8 Å². The molecule has 4 rings (SSSR count). The second kappa shape index (κ2) is 5.65. The summed E-state index contributed by atoms with van der Waals surface area (Å²) >= 11 is 12.3. The number of nitrogens with one attached hydrogen (secondary N) is 2. The van der Waals surface area contributed by atoms with E-state index in [1.807, 2.05) is 37.3 Å². The molecule has 2 N–H and O–H groups in total. The van der Waals surface area contributed by atoms with Gasteiger partial charge in [0.05, 0.1) is 11.7 Å². The fourth-order valence-corrected chi connectivity index (χ4v) is 3.50. The van der Waals surface area contributed by atoms with Crippen LogP contribution in [0.2, 0.25) is 10.0 Å². The van der Waals surface area contributed by atoms with Crippen LogP contribution >= 0.6 is 23.2 Å². The van der Waals surface area contributed by atoms with Crippen molar-refractivity contribution in [2.45, 2.75) is 13.0 Å². The van der Waals surface area contributed by atoms with Gasteiger partial charge in [-0.1, -0.05) is 59.1 Å². The molecule has 0 bridgehead atoms. The number of rotatable bonds is 2. The van der Waals surface area contributed by atoms with Crippen molar-refractivity contribution < 1.29 is 4.79 Å². The first-order valence-electron chi connectivity index (χ1n) is 7.45. The van der Waals surface area contributed by atoms with E-state index in [0.29, 0.717) is 15.7 Å². The van der Waals surface area contributed by atoms with Gasteiger partial charge in [0.1, 0.15) is 5.69 Å². The minimum atomic E-state index is -0.354. The third-order valence-electron chi connectivity index (χ3n) is 4.19. The quantitative estimate of drug-likeness (QED) is 0.707. The highest BCUT2D eigenvalue weighted by atomic mass is 35.5. The van der Waals surface area contributed by atoms with Crippen LogP contribution in [0, 0.1) is 6.92 Å². The maximum atomic E-state index is 12.3. The number of hydrogen-bond acceptors (Lipinski definition) is 2. The van der Waals surface area contributed by atoms with Gasteiger partial charge in [-0.05, 0) is 24.6 Å². The van der Waals surface area contributed by atoms with E-state index in [1.54, 1.807) is 12.1 Å². The molecule has 0 saturated carbocycles. The van der Waals surface area contributed by atoms with Crippen molar-refractivity contribution in [2.75, 3.05) is 0 Å². The van der Waals surface area contributed by atoms with E-state index in [1.165, 1.54) is 0 Å². The van der Waals surface area contributed by atoms with Crippen LogP contribution in [0.3, 0.4) is 0 Å². The second-order valence-electron chi connectivity index (χ2n) is 5.80. The van der Waals surface area contributed by atoms with Gasteiger partial charge < -0.3 is 5.32 Å². The van der Waals surface area contributed by atoms with Crippen LogP contribution in [0.4, 0.5) is 0 Å². The van der Waals surface area contributed by atoms with Crippen molar-refractivity contribution in [1.29, 1.82) is 0 Å². The molecule has 3 aromatic rings. The van der Waals surface area contributed by atoms with Crippen LogP contribution in [-0.2, 0) is 0 Å². The predicted octanol–water partition coefficient (Wildman–Crippen LogP) is 4.52. The monoisotopic (exact) mass is 357 g/mol. The van der Waals surface area contributed by atoms with Gasteiger partial charge in [0, 0.05) is 21.2 Å². The lowest BCUT2D eigenvalue weighted by atomic mass is 9.96. The molecule has 0 spiro atoms. The lowest BCUT2D eigenvalue weighted by molar-refractivity contribution is 0.0955. The lowest BCUT2D eigenvalue weighted by Gasteiger charge is -2.15. The van der Waals surface area contributed by atoms with E-state index >= 15 is 0 Å². The minimum absolute atomic E-state index is 0.188. The first-order chi connectivity index (χ1) is 11.5. The van der Waals surface area contributed by atoms with Crippen LogP contribution in [0.15, 0.2) is 42.5 Å². The molecular formula is C18H13Cl2N3O. The molecule has 24 heavy (non-hydrogen) atoms. The summed E-state index contributed by atoms with van der Waals surface area (Å²) in [7, 11) is 0. The Morgan fingerprint density at radius 1 is 1.08 bits per heavy atom. The molecule has 1 aromatic heterocycles. The zero-order valence-corrected chi connectivity index (χ0v) is 14.2. The van der Waals surface area contributed by atoms with Gasteiger partial charge in [0.15, 0.2) is 0 Å². The summed E-state index contributed by atoms with van der Waals surface area (Å²) in [5, 5.41) is 11.2. The maximum absolute atomic E-state index is 12.3. The third-order valence-corrected chi connectivity index (χ3v) is 4.76. The van der Waals surface area contributed by atoms with E-state index in [4.69, 9.17) is 23.2 Å². The van der Waals surface area contributed by atoms with Gasteiger partial charge in [-0.3, -0.25) is 9.89 Å². The molecule has 4 nitrogen and oxygen atoms in total. The Bertz CT molecular complexity index is 947. The van der Waals surface area contributed by atoms with E-state index in [0.717, 1.165) is 27.9 Å². The summed E-state index contributed by atoms with van der Waals surface area (Å²) in [6.45, 7) is 2.03. The largest absolute Gasteiger partial charge is 0.340 e. The van der Waals surface area contributed by atoms with E-state index in [2.05, 4.69) is 15.5 Å². The average Bonchev–Trinajstić information content (AvgIpc) is 3.10. The zero-order valence-electron chi connectivity index (χ0n) is 12.7. The van der Waals surface area contributed by atoms with Crippen molar-refractivity contribution in [2.24, 2.45) is 0 Å². The van der Waals surface area contributed by atoms with E-state index in [-0.39, 0.29) is 11.9 Å². The van der Waals surface area contributed by atoms with Crippen molar-refractivity contribution in [3.63, 3.8) is 0 Å². The molecule has 0 radical (unpaired) electrons. The lowest BCUT2D eigenvalue weighted by Crippen LogP contribution is -2.21. The number of H-pyrrole nitrogens is 1. The van der Waals surface area contributed by atoms with Crippen molar-refractivity contribution in [1.82, 2.24) is 15.5 Å². The molecule has 120 valence electrons. The van der Waals surface area contributed by atoms with Crippen LogP contribution < -0.4 is 5.32 Å². The first-order valence-corrected chi connectivity index (χ1v) is 8.21. The number of aromatic amines is 1. The van der Waals surface area contributed by atoms with Crippen LogP contribution in [0.1, 0.15) is 33.2 Å². The normalized spacial score (nSPS) is 16.1. The zero-order chi connectivity index (χ0) is 16.8. The maximum Gasteiger partial charge on any atom is 0.270 e. The minimum Gasteiger partial charge on any atom is -0.340 e. The summed E-state index contributed by atoms with van der Waals surface area (Å²) in [6, 6.07) is 12.9. The second-order valence-corrected chi connectivity index (χ2v) is 6.64. The number of amides is 1. The van der Waals surface area contributed by atoms with Gasteiger partial charge in [-0.15, -0.1) is 0 Å². The summed E-state index contributed by atoms with van der Waals surface area (Å²) in [6.07, 6.45) is 0. The Hall–Kier alpha value is -2.30. The molecular weight excluding hydrogens is 345 g/mol. The summed E-state index contributed by atoms with van der Waals surface area (Å²) < 4.78 is 0. The van der Waals surface area contributed by atoms with Gasteiger partial charge in [0.25, 0.3) is 5.91 Å². The molecule has 2 heterocycles. The molecule has 1 amide bonds. The highest BCUT2D eigenvalue weighted by Crippen LogP contribution is 2.39. The Morgan fingerprint density at radius 2 is 1.83 bits per heavy atom. The van der Waals surface area contributed by atoms with Crippen molar-refractivity contribution in [3.05, 3.63) is 74.9 Å². The number of hydrogen-bond donors (Lipinski definition) is 2. The molecule has 1 atom stereocenters. The first kappa shape index (κ1) is 15.2. The Balaban J connectivity index is 1.87. The summed E-state index contributed by atoms with van der Waals surface area (Å²) in [5.41, 5.74) is 4.94. The molecule has 0 fully saturated rings. The van der Waals surface area contributed by atoms with Crippen LogP contribution in [0.25, 0.3) is 11.3 Å². The number of carbonyl (C=O) groups is 1. The van der Waals surface area contributed by atoms with Gasteiger partial charge in [-0.2, -0.15) is 5.10 Å². The number of halogens is 2. The Morgan fingerprint density at radius 3 is 2.54 bits per heavy atom. The highest BCUT2D eigenvalue weighted by molar-refractivity contribution is 6.35. The summed E-state index contributed by atoms with van der Waals surface area (Å²) in [5.74, 6) is -0.188. The van der Waals surface area contributed by atoms with Crippen molar-refractivity contribution in [3.8, 4) is 11.3 Å². The molecule has 0 aliphatic carbocycles. The van der Waals surface area contributed by atoms with Gasteiger partial charge in [0.2, 0.25) is 0 Å². The molecule has 0 unspecified atom stereocenters. The smallest absolute Gasteiger partial charge is 0.270 e. The Kier molecular flexibility index (Phi) is 3.59. The molecule has 0 saturated heterocycles. The number of benzene rings is 2. The average molecular weight is 358 g/mol. The summed E-state index contributed by atoms with van der Waals surface area (Å²) in [4.78, 5) is 12.3. The fraction of sp³-hybridized carbons (Fsp3) is 0.111. The van der Waals surface area contributed by atoms with Crippen LogP contribution in [-0.4, -0.2) is 16.1 Å². The number of aromatic nitrogens is 2. The number of carbonyl (C=O) groups excluding carboxylic acids is 1. The number of nitrogens with zero attached hydrogens (tertiary/aromatic N) is 1. The Labute approximate surface area is 148 Å². The van der Waals surface area contributed by atoms with Crippen LogP contribution in [0.5, 0.6) is 0 Å². The third kappa shape index (κ3) is 2.39. The molecule has 6 heteroatoms. The highest BCUT2D eigenvalue weighted by Gasteiger charge is 2.36. The number of fused-ring (bicyclic) bond motifs is 1. The standard InChI is InChI=1S/C18H13Cl2N3O/c1-9-2-4-10(5-3-9)15-14-16(21-18(24)17(14)23-22-15)12-7-6-11(19)8-13(12)20/h2-8,16H,1H3,(H,21,24)(H,22,23)/t16-/m0/s1. The van der Waals surface area contributed by atoms with Gasteiger partial charge >= 0.3 is 0 Å². The number of aryl methyl sites for hydroxylation is 1. The molecule has 2 aromatic carbocycles. The fourth-order valence-electron chi connectivity index (χ4n) is 2.98. The van der Waals surface area contributed by atoms with E-state index < -0.39 is 0 Å². The SMILES string of the molecule is Cc1ccc(-c2n[nH]c3c2[C@H](c2ccc(Cl)cc2Cl)NC3=O)cc1. The molecule has 1 aliphatic heterocycles.